The first-order chi connectivity index (χ1) is 9.68. The van der Waals surface area contributed by atoms with Crippen molar-refractivity contribution in [3.05, 3.63) is 24.3 Å². The number of benzene rings is 1. The third kappa shape index (κ3) is 2.69. The van der Waals surface area contributed by atoms with Crippen molar-refractivity contribution in [3.8, 4) is 0 Å². The van der Waals surface area contributed by atoms with Crippen molar-refractivity contribution in [3.63, 3.8) is 0 Å². The molecule has 0 spiro atoms. The first-order valence-corrected chi connectivity index (χ1v) is 7.40. The molecule has 0 aliphatic carbocycles. The number of rotatable bonds is 6. The van der Waals surface area contributed by atoms with E-state index >= 15 is 0 Å². The molecule has 0 saturated carbocycles. The van der Waals surface area contributed by atoms with E-state index in [0.717, 1.165) is 36.0 Å². The Kier molecular flexibility index (Phi) is 4.42. The molecule has 0 amide bonds. The molecule has 0 saturated heterocycles. The van der Waals surface area contributed by atoms with Gasteiger partial charge < -0.3 is 10.6 Å². The molecule has 1 aromatic heterocycles. The van der Waals surface area contributed by atoms with Gasteiger partial charge in [0.1, 0.15) is 5.82 Å². The third-order valence-corrected chi connectivity index (χ3v) is 4.24. The van der Waals surface area contributed by atoms with Crippen LogP contribution in [0.15, 0.2) is 24.3 Å². The maximum Gasteiger partial charge on any atom is 0.224 e. The Balaban J connectivity index is 2.52. The predicted molar refractivity (Wildman–Crippen MR) is 86.3 cm³/mol. The van der Waals surface area contributed by atoms with Gasteiger partial charge in [0.15, 0.2) is 0 Å². The Labute approximate surface area is 121 Å². The molecule has 20 heavy (non-hydrogen) atoms. The standard InChI is InChI=1S/C16H24N4/c1-5-16(6-2,7-3)20-14-12-10-8-9-11-13(12)18-15(17-4)19-14/h8-11H,5-7H2,1-4H3,(H2,17,18,19,20). The maximum atomic E-state index is 4.61. The second kappa shape index (κ2) is 6.07. The van der Waals surface area contributed by atoms with Crippen LogP contribution in [0.2, 0.25) is 0 Å². The molecule has 1 heterocycles. The van der Waals surface area contributed by atoms with Gasteiger partial charge in [0.25, 0.3) is 0 Å². The molecule has 0 radical (unpaired) electrons. The van der Waals surface area contributed by atoms with Gasteiger partial charge >= 0.3 is 0 Å². The Morgan fingerprint density at radius 3 is 2.25 bits per heavy atom. The molecule has 2 rings (SSSR count). The number of fused-ring (bicyclic) bond motifs is 1. The molecule has 108 valence electrons. The lowest BCUT2D eigenvalue weighted by atomic mass is 9.89. The Morgan fingerprint density at radius 1 is 1.00 bits per heavy atom. The minimum atomic E-state index is 0.0993. The fourth-order valence-corrected chi connectivity index (χ4v) is 2.55. The monoisotopic (exact) mass is 272 g/mol. The van der Waals surface area contributed by atoms with Crippen LogP contribution in [-0.2, 0) is 0 Å². The zero-order valence-electron chi connectivity index (χ0n) is 12.8. The van der Waals surface area contributed by atoms with Gasteiger partial charge in [-0.15, -0.1) is 0 Å². The van der Waals surface area contributed by atoms with E-state index in [4.69, 9.17) is 0 Å². The van der Waals surface area contributed by atoms with Crippen LogP contribution in [0.4, 0.5) is 11.8 Å². The molecule has 0 aliphatic heterocycles. The van der Waals surface area contributed by atoms with E-state index < -0.39 is 0 Å². The fourth-order valence-electron chi connectivity index (χ4n) is 2.55. The van der Waals surface area contributed by atoms with Crippen molar-refractivity contribution < 1.29 is 0 Å². The second-order valence-electron chi connectivity index (χ2n) is 5.13. The molecule has 0 aliphatic rings. The highest BCUT2D eigenvalue weighted by atomic mass is 15.2. The van der Waals surface area contributed by atoms with Crippen LogP contribution in [0.3, 0.4) is 0 Å². The summed E-state index contributed by atoms with van der Waals surface area (Å²) in [6, 6.07) is 8.13. The fraction of sp³-hybridized carbons (Fsp3) is 0.500. The third-order valence-electron chi connectivity index (χ3n) is 4.24. The lowest BCUT2D eigenvalue weighted by Crippen LogP contribution is -2.36. The highest BCUT2D eigenvalue weighted by molar-refractivity contribution is 5.90. The minimum absolute atomic E-state index is 0.0993. The molecular formula is C16H24N4. The number of anilines is 2. The van der Waals surface area contributed by atoms with E-state index in [2.05, 4.69) is 47.4 Å². The van der Waals surface area contributed by atoms with Crippen molar-refractivity contribution >= 4 is 22.7 Å². The van der Waals surface area contributed by atoms with Crippen LogP contribution in [0.5, 0.6) is 0 Å². The molecule has 0 unspecified atom stereocenters. The van der Waals surface area contributed by atoms with Crippen LogP contribution in [0, 0.1) is 0 Å². The van der Waals surface area contributed by atoms with Crippen molar-refractivity contribution in [2.24, 2.45) is 0 Å². The first-order valence-electron chi connectivity index (χ1n) is 7.40. The largest absolute Gasteiger partial charge is 0.364 e. The van der Waals surface area contributed by atoms with Gasteiger partial charge in [0.05, 0.1) is 5.52 Å². The molecule has 2 aromatic rings. The average Bonchev–Trinajstić information content (AvgIpc) is 2.52. The summed E-state index contributed by atoms with van der Waals surface area (Å²) in [5.74, 6) is 1.58. The number of hydrogen-bond donors (Lipinski definition) is 2. The summed E-state index contributed by atoms with van der Waals surface area (Å²) < 4.78 is 0. The van der Waals surface area contributed by atoms with E-state index in [1.165, 1.54) is 0 Å². The van der Waals surface area contributed by atoms with E-state index in [1.54, 1.807) is 0 Å². The van der Waals surface area contributed by atoms with Gasteiger partial charge in [-0.05, 0) is 31.4 Å². The van der Waals surface area contributed by atoms with Crippen LogP contribution in [-0.4, -0.2) is 22.6 Å². The van der Waals surface area contributed by atoms with E-state index in [-0.39, 0.29) is 5.54 Å². The van der Waals surface area contributed by atoms with Gasteiger partial charge in [0, 0.05) is 18.0 Å². The SMILES string of the molecule is CCC(CC)(CC)Nc1nc(NC)nc2ccccc12. The van der Waals surface area contributed by atoms with Crippen molar-refractivity contribution in [1.29, 1.82) is 0 Å². The summed E-state index contributed by atoms with van der Waals surface area (Å²) in [4.78, 5) is 9.11. The summed E-state index contributed by atoms with van der Waals surface area (Å²) in [5.41, 5.74) is 1.06. The Bertz CT molecular complexity index is 567. The number of para-hydroxylation sites is 1. The van der Waals surface area contributed by atoms with Gasteiger partial charge in [-0.3, -0.25) is 0 Å². The van der Waals surface area contributed by atoms with Gasteiger partial charge in [-0.2, -0.15) is 4.98 Å². The van der Waals surface area contributed by atoms with Gasteiger partial charge in [-0.1, -0.05) is 32.9 Å². The lowest BCUT2D eigenvalue weighted by molar-refractivity contribution is 0.419. The first kappa shape index (κ1) is 14.6. The number of nitrogens with one attached hydrogen (secondary N) is 2. The Hall–Kier alpha value is -1.84. The van der Waals surface area contributed by atoms with Crippen molar-refractivity contribution in [1.82, 2.24) is 9.97 Å². The molecule has 4 heteroatoms. The van der Waals surface area contributed by atoms with Crippen molar-refractivity contribution in [2.45, 2.75) is 45.6 Å². The van der Waals surface area contributed by atoms with E-state index in [0.29, 0.717) is 5.95 Å². The van der Waals surface area contributed by atoms with Crippen LogP contribution in [0.25, 0.3) is 10.9 Å². The van der Waals surface area contributed by atoms with Crippen molar-refractivity contribution in [2.75, 3.05) is 17.7 Å². The number of nitrogens with zero attached hydrogens (tertiary/aromatic N) is 2. The highest BCUT2D eigenvalue weighted by Crippen LogP contribution is 2.29. The molecule has 0 fully saturated rings. The number of aromatic nitrogens is 2. The summed E-state index contributed by atoms with van der Waals surface area (Å²) >= 11 is 0. The normalized spacial score (nSPS) is 11.6. The lowest BCUT2D eigenvalue weighted by Gasteiger charge is -2.32. The highest BCUT2D eigenvalue weighted by Gasteiger charge is 2.25. The van der Waals surface area contributed by atoms with Gasteiger partial charge in [0.2, 0.25) is 5.95 Å². The average molecular weight is 272 g/mol. The zero-order chi connectivity index (χ0) is 14.6. The second-order valence-corrected chi connectivity index (χ2v) is 5.13. The van der Waals surface area contributed by atoms with Gasteiger partial charge in [-0.25, -0.2) is 4.98 Å². The summed E-state index contributed by atoms with van der Waals surface area (Å²) in [5, 5.41) is 7.78. The smallest absolute Gasteiger partial charge is 0.224 e. The quantitative estimate of drug-likeness (QED) is 0.833. The zero-order valence-corrected chi connectivity index (χ0v) is 12.8. The molecule has 1 aromatic carbocycles. The van der Waals surface area contributed by atoms with Crippen LogP contribution < -0.4 is 10.6 Å². The van der Waals surface area contributed by atoms with E-state index in [9.17, 15) is 0 Å². The summed E-state index contributed by atoms with van der Waals surface area (Å²) in [6.45, 7) is 6.67. The molecule has 0 bridgehead atoms. The minimum Gasteiger partial charge on any atom is -0.364 e. The molecule has 4 nitrogen and oxygen atoms in total. The van der Waals surface area contributed by atoms with Crippen LogP contribution >= 0.6 is 0 Å². The topological polar surface area (TPSA) is 49.8 Å². The molecule has 0 atom stereocenters. The summed E-state index contributed by atoms with van der Waals surface area (Å²) in [6.07, 6.45) is 3.23. The summed E-state index contributed by atoms with van der Waals surface area (Å²) in [7, 11) is 1.85. The number of hydrogen-bond acceptors (Lipinski definition) is 4. The Morgan fingerprint density at radius 2 is 1.65 bits per heavy atom. The van der Waals surface area contributed by atoms with Crippen LogP contribution in [0.1, 0.15) is 40.0 Å². The maximum absolute atomic E-state index is 4.61. The molecule has 2 N–H and O–H groups in total. The van der Waals surface area contributed by atoms with E-state index in [1.807, 2.05) is 25.2 Å². The predicted octanol–water partition coefficient (Wildman–Crippen LogP) is 4.05. The molecular weight excluding hydrogens is 248 g/mol.